The van der Waals surface area contributed by atoms with Gasteiger partial charge in [0.05, 0.1) is 17.3 Å². The van der Waals surface area contributed by atoms with Gasteiger partial charge in [-0.1, -0.05) is 0 Å². The van der Waals surface area contributed by atoms with Gasteiger partial charge in [-0.05, 0) is 12.1 Å². The highest BCUT2D eigenvalue weighted by Gasteiger charge is 2.29. The van der Waals surface area contributed by atoms with Gasteiger partial charge in [0, 0.05) is 20.0 Å². The van der Waals surface area contributed by atoms with Crippen molar-refractivity contribution >= 4 is 29.0 Å². The van der Waals surface area contributed by atoms with Gasteiger partial charge in [0.1, 0.15) is 5.82 Å². The molecule has 1 aromatic heterocycles. The van der Waals surface area contributed by atoms with Crippen molar-refractivity contribution in [2.75, 3.05) is 23.8 Å². The van der Waals surface area contributed by atoms with Crippen molar-refractivity contribution in [2.45, 2.75) is 11.8 Å². The number of anilines is 2. The Kier molecular flexibility index (Phi) is 2.77. The molecule has 0 aliphatic carbocycles. The maximum Gasteiger partial charge on any atom is 0.228 e. The molecule has 80 valence electrons. The Hall–Kier alpha value is -1.29. The van der Waals surface area contributed by atoms with Gasteiger partial charge < -0.3 is 10.2 Å². The number of nitrogens with zero attached hydrogens (tertiary/aromatic N) is 2. The Morgan fingerprint density at radius 2 is 2.40 bits per heavy atom. The highest BCUT2D eigenvalue weighted by Crippen LogP contribution is 2.23. The minimum Gasteiger partial charge on any atom is -0.373 e. The molecule has 0 radical (unpaired) electrons. The molecule has 0 saturated carbocycles. The second kappa shape index (κ2) is 4.06. The van der Waals surface area contributed by atoms with Gasteiger partial charge >= 0.3 is 0 Å². The Bertz CT molecular complexity index is 365. The summed E-state index contributed by atoms with van der Waals surface area (Å²) in [5.74, 6) is 0.849. The summed E-state index contributed by atoms with van der Waals surface area (Å²) < 4.78 is 0. The molecule has 1 aromatic rings. The first kappa shape index (κ1) is 10.2. The maximum absolute atomic E-state index is 11.5. The summed E-state index contributed by atoms with van der Waals surface area (Å²) in [6, 6.07) is 3.70. The van der Waals surface area contributed by atoms with Gasteiger partial charge in [-0.3, -0.25) is 4.79 Å². The number of hydrogen-bond donors (Lipinski definition) is 1. The van der Waals surface area contributed by atoms with E-state index in [9.17, 15) is 4.79 Å². The van der Waals surface area contributed by atoms with E-state index in [1.165, 1.54) is 0 Å². The lowest BCUT2D eigenvalue weighted by molar-refractivity contribution is -0.117. The average molecular weight is 226 g/mol. The van der Waals surface area contributed by atoms with Gasteiger partial charge in [-0.25, -0.2) is 4.98 Å². The first-order chi connectivity index (χ1) is 7.20. The van der Waals surface area contributed by atoms with Crippen LogP contribution in [0, 0.1) is 0 Å². The Morgan fingerprint density at radius 1 is 1.60 bits per heavy atom. The van der Waals surface area contributed by atoms with Crippen LogP contribution in [-0.4, -0.2) is 29.9 Å². The molecule has 0 spiro atoms. The largest absolute Gasteiger partial charge is 0.373 e. The van der Waals surface area contributed by atoms with Crippen molar-refractivity contribution in [2.24, 2.45) is 0 Å². The summed E-state index contributed by atoms with van der Waals surface area (Å²) in [5.41, 5.74) is 0.808. The summed E-state index contributed by atoms with van der Waals surface area (Å²) in [6.45, 7) is 0.570. The molecule has 1 unspecified atom stereocenters. The maximum atomic E-state index is 11.5. The predicted molar refractivity (Wildman–Crippen MR) is 60.4 cm³/mol. The number of hydrogen-bond acceptors (Lipinski definition) is 3. The van der Waals surface area contributed by atoms with E-state index in [-0.39, 0.29) is 11.3 Å². The molecule has 1 N–H and O–H groups in total. The van der Waals surface area contributed by atoms with Crippen LogP contribution in [0.25, 0.3) is 0 Å². The van der Waals surface area contributed by atoms with Gasteiger partial charge in [0.15, 0.2) is 0 Å². The zero-order valence-corrected chi connectivity index (χ0v) is 9.16. The predicted octanol–water partition coefficient (Wildman–Crippen LogP) is 1.47. The molecule has 1 atom stereocenters. The zero-order chi connectivity index (χ0) is 10.8. The normalized spacial score (nSPS) is 20.8. The molecule has 1 aliphatic rings. The molecule has 0 aromatic carbocycles. The molecule has 5 heteroatoms. The molecule has 2 rings (SSSR count). The van der Waals surface area contributed by atoms with E-state index in [2.05, 4.69) is 10.3 Å². The molecule has 1 aliphatic heterocycles. The lowest BCUT2D eigenvalue weighted by Crippen LogP contribution is -2.24. The van der Waals surface area contributed by atoms with Gasteiger partial charge in [0.25, 0.3) is 0 Å². The van der Waals surface area contributed by atoms with Gasteiger partial charge in [-0.15, -0.1) is 11.6 Å². The first-order valence-corrected chi connectivity index (χ1v) is 5.22. The molecular weight excluding hydrogens is 214 g/mol. The SMILES string of the molecule is CNc1ccc(N2CC(Cl)CC2=O)cn1. The van der Waals surface area contributed by atoms with Crippen molar-refractivity contribution in [3.05, 3.63) is 18.3 Å². The van der Waals surface area contributed by atoms with E-state index in [0.29, 0.717) is 13.0 Å². The van der Waals surface area contributed by atoms with E-state index >= 15 is 0 Å². The van der Waals surface area contributed by atoms with Crippen LogP contribution in [-0.2, 0) is 4.79 Å². The van der Waals surface area contributed by atoms with E-state index in [4.69, 9.17) is 11.6 Å². The third kappa shape index (κ3) is 2.04. The highest BCUT2D eigenvalue weighted by molar-refractivity contribution is 6.24. The van der Waals surface area contributed by atoms with Crippen LogP contribution < -0.4 is 10.2 Å². The number of alkyl halides is 1. The van der Waals surface area contributed by atoms with E-state index in [1.54, 1.807) is 18.1 Å². The fourth-order valence-electron chi connectivity index (χ4n) is 1.61. The number of amides is 1. The quantitative estimate of drug-likeness (QED) is 0.776. The highest BCUT2D eigenvalue weighted by atomic mass is 35.5. The lowest BCUT2D eigenvalue weighted by atomic mass is 10.3. The van der Waals surface area contributed by atoms with E-state index in [0.717, 1.165) is 11.5 Å². The first-order valence-electron chi connectivity index (χ1n) is 4.79. The second-order valence-corrected chi connectivity index (χ2v) is 4.07. The molecule has 0 bridgehead atoms. The molecule has 4 nitrogen and oxygen atoms in total. The van der Waals surface area contributed by atoms with Crippen molar-refractivity contribution in [1.29, 1.82) is 0 Å². The van der Waals surface area contributed by atoms with Crippen LogP contribution in [0.1, 0.15) is 6.42 Å². The fourth-order valence-corrected chi connectivity index (χ4v) is 1.88. The van der Waals surface area contributed by atoms with Crippen LogP contribution >= 0.6 is 11.6 Å². The Morgan fingerprint density at radius 3 is 2.87 bits per heavy atom. The average Bonchev–Trinajstić information content (AvgIpc) is 2.58. The van der Waals surface area contributed by atoms with Crippen LogP contribution in [0.3, 0.4) is 0 Å². The van der Waals surface area contributed by atoms with Crippen LogP contribution in [0.5, 0.6) is 0 Å². The number of carbonyl (C=O) groups is 1. The van der Waals surface area contributed by atoms with Crippen LogP contribution in [0.2, 0.25) is 0 Å². The van der Waals surface area contributed by atoms with Gasteiger partial charge in [-0.2, -0.15) is 0 Å². The van der Waals surface area contributed by atoms with Crippen LogP contribution in [0.15, 0.2) is 18.3 Å². The summed E-state index contributed by atoms with van der Waals surface area (Å²) >= 11 is 5.91. The number of aromatic nitrogens is 1. The number of halogens is 1. The van der Waals surface area contributed by atoms with Crippen molar-refractivity contribution in [3.63, 3.8) is 0 Å². The van der Waals surface area contributed by atoms with Crippen molar-refractivity contribution < 1.29 is 4.79 Å². The zero-order valence-electron chi connectivity index (χ0n) is 8.40. The standard InChI is InChI=1S/C10H12ClN3O/c1-12-9-3-2-8(5-13-9)14-6-7(11)4-10(14)15/h2-3,5,7H,4,6H2,1H3,(H,12,13). The molecule has 1 amide bonds. The lowest BCUT2D eigenvalue weighted by Gasteiger charge is -2.15. The summed E-state index contributed by atoms with van der Waals surface area (Å²) in [5, 5.41) is 2.84. The molecule has 1 saturated heterocycles. The Balaban J connectivity index is 2.19. The molecule has 1 fully saturated rings. The number of rotatable bonds is 2. The summed E-state index contributed by atoms with van der Waals surface area (Å²) in [6.07, 6.45) is 2.09. The molecule has 15 heavy (non-hydrogen) atoms. The van der Waals surface area contributed by atoms with E-state index < -0.39 is 0 Å². The fraction of sp³-hybridized carbons (Fsp3) is 0.400. The van der Waals surface area contributed by atoms with Gasteiger partial charge in [0.2, 0.25) is 5.91 Å². The third-order valence-electron chi connectivity index (χ3n) is 2.39. The Labute approximate surface area is 93.2 Å². The monoisotopic (exact) mass is 225 g/mol. The number of nitrogens with one attached hydrogen (secondary N) is 1. The number of carbonyl (C=O) groups excluding carboxylic acids is 1. The molecular formula is C10H12ClN3O. The molecule has 2 heterocycles. The smallest absolute Gasteiger partial charge is 0.228 e. The minimum atomic E-state index is -0.0820. The van der Waals surface area contributed by atoms with Crippen LogP contribution in [0.4, 0.5) is 11.5 Å². The second-order valence-electron chi connectivity index (χ2n) is 3.46. The number of pyridine rings is 1. The topological polar surface area (TPSA) is 45.2 Å². The van der Waals surface area contributed by atoms with Crippen molar-refractivity contribution in [1.82, 2.24) is 4.98 Å². The van der Waals surface area contributed by atoms with Crippen molar-refractivity contribution in [3.8, 4) is 0 Å². The summed E-state index contributed by atoms with van der Waals surface area (Å²) in [4.78, 5) is 17.4. The minimum absolute atomic E-state index is 0.0639. The summed E-state index contributed by atoms with van der Waals surface area (Å²) in [7, 11) is 1.80. The third-order valence-corrected chi connectivity index (χ3v) is 2.69. The van der Waals surface area contributed by atoms with E-state index in [1.807, 2.05) is 12.1 Å².